The quantitative estimate of drug-likeness (QED) is 0.538. The molecule has 0 radical (unpaired) electrons. The van der Waals surface area contributed by atoms with E-state index in [-0.39, 0.29) is 4.75 Å². The van der Waals surface area contributed by atoms with Gasteiger partial charge in [-0.25, -0.2) is 0 Å². The first kappa shape index (κ1) is 19.0. The molecule has 130 valence electrons. The molecule has 1 aliphatic rings. The molecule has 2 rings (SSSR count). The standard InChI is InChI=1S/C19H29BrO2S/c1-18(2,8-6-9-20)13-19(3)15-12-17(22-5)16(21-4)11-14(15)7-10-23-19/h11-12H,6-10,13H2,1-5H3. The molecular formula is C19H29BrO2S. The van der Waals surface area contributed by atoms with Crippen molar-refractivity contribution in [1.82, 2.24) is 0 Å². The summed E-state index contributed by atoms with van der Waals surface area (Å²) in [7, 11) is 3.43. The van der Waals surface area contributed by atoms with Crippen molar-refractivity contribution in [3.05, 3.63) is 23.3 Å². The second kappa shape index (κ2) is 7.69. The van der Waals surface area contributed by atoms with E-state index in [0.29, 0.717) is 5.41 Å². The maximum Gasteiger partial charge on any atom is 0.161 e. The van der Waals surface area contributed by atoms with Crippen LogP contribution < -0.4 is 9.47 Å². The van der Waals surface area contributed by atoms with Crippen LogP contribution >= 0.6 is 27.7 Å². The first-order chi connectivity index (χ1) is 10.8. The highest BCUT2D eigenvalue weighted by atomic mass is 79.9. The lowest BCUT2D eigenvalue weighted by molar-refractivity contribution is 0.270. The molecule has 0 saturated carbocycles. The van der Waals surface area contributed by atoms with Gasteiger partial charge < -0.3 is 9.47 Å². The molecule has 4 heteroatoms. The minimum Gasteiger partial charge on any atom is -0.493 e. The van der Waals surface area contributed by atoms with E-state index < -0.39 is 0 Å². The van der Waals surface area contributed by atoms with E-state index >= 15 is 0 Å². The fraction of sp³-hybridized carbons (Fsp3) is 0.684. The van der Waals surface area contributed by atoms with Crippen LogP contribution in [0.3, 0.4) is 0 Å². The van der Waals surface area contributed by atoms with Crippen LogP contribution in [0.5, 0.6) is 11.5 Å². The molecule has 1 atom stereocenters. The summed E-state index contributed by atoms with van der Waals surface area (Å²) in [4.78, 5) is 0. The maximum absolute atomic E-state index is 5.55. The van der Waals surface area contributed by atoms with Crippen LogP contribution in [-0.4, -0.2) is 25.3 Å². The summed E-state index contributed by atoms with van der Waals surface area (Å²) >= 11 is 5.66. The molecule has 0 aromatic heterocycles. The smallest absolute Gasteiger partial charge is 0.161 e. The fourth-order valence-corrected chi connectivity index (χ4v) is 5.67. The molecular weight excluding hydrogens is 372 g/mol. The number of fused-ring (bicyclic) bond motifs is 1. The van der Waals surface area contributed by atoms with E-state index in [9.17, 15) is 0 Å². The minimum absolute atomic E-state index is 0.142. The molecule has 1 heterocycles. The Balaban J connectivity index is 2.36. The van der Waals surface area contributed by atoms with Gasteiger partial charge in [-0.2, -0.15) is 11.8 Å². The van der Waals surface area contributed by atoms with Gasteiger partial charge >= 0.3 is 0 Å². The molecule has 0 aliphatic carbocycles. The van der Waals surface area contributed by atoms with Crippen molar-refractivity contribution in [2.45, 2.75) is 51.2 Å². The molecule has 23 heavy (non-hydrogen) atoms. The second-order valence-corrected chi connectivity index (χ2v) is 9.72. The Morgan fingerprint density at radius 2 is 1.87 bits per heavy atom. The van der Waals surface area contributed by atoms with Crippen molar-refractivity contribution in [3.63, 3.8) is 0 Å². The third-order valence-corrected chi connectivity index (χ3v) is 6.74. The van der Waals surface area contributed by atoms with E-state index in [2.05, 4.69) is 60.6 Å². The number of hydrogen-bond acceptors (Lipinski definition) is 3. The number of alkyl halides is 1. The molecule has 2 nitrogen and oxygen atoms in total. The van der Waals surface area contributed by atoms with Crippen molar-refractivity contribution in [3.8, 4) is 11.5 Å². The Morgan fingerprint density at radius 1 is 1.22 bits per heavy atom. The zero-order valence-corrected chi connectivity index (χ0v) is 17.4. The third-order valence-electron chi connectivity index (χ3n) is 4.77. The zero-order valence-electron chi connectivity index (χ0n) is 15.0. The molecule has 0 amide bonds. The van der Waals surface area contributed by atoms with Crippen molar-refractivity contribution in [1.29, 1.82) is 0 Å². The topological polar surface area (TPSA) is 18.5 Å². The molecule has 0 spiro atoms. The fourth-order valence-electron chi connectivity index (χ4n) is 3.78. The lowest BCUT2D eigenvalue weighted by Gasteiger charge is -2.41. The molecule has 0 fully saturated rings. The summed E-state index contributed by atoms with van der Waals surface area (Å²) in [6.45, 7) is 7.20. The zero-order chi connectivity index (χ0) is 17.1. The van der Waals surface area contributed by atoms with E-state index in [0.717, 1.165) is 23.2 Å². The van der Waals surface area contributed by atoms with Crippen LogP contribution in [0.4, 0.5) is 0 Å². The molecule has 1 aromatic rings. The number of benzene rings is 1. The van der Waals surface area contributed by atoms with Crippen molar-refractivity contribution in [2.24, 2.45) is 5.41 Å². The summed E-state index contributed by atoms with van der Waals surface area (Å²) < 4.78 is 11.2. The van der Waals surface area contributed by atoms with Crippen LogP contribution in [0.1, 0.15) is 51.2 Å². The summed E-state index contributed by atoms with van der Waals surface area (Å²) in [5.41, 5.74) is 3.18. The lowest BCUT2D eigenvalue weighted by atomic mass is 9.76. The van der Waals surface area contributed by atoms with Crippen molar-refractivity contribution in [2.75, 3.05) is 25.3 Å². The number of hydrogen-bond donors (Lipinski definition) is 0. The molecule has 0 saturated heterocycles. The van der Waals surface area contributed by atoms with Crippen LogP contribution in [0, 0.1) is 5.41 Å². The van der Waals surface area contributed by atoms with Gasteiger partial charge in [0.15, 0.2) is 11.5 Å². The Bertz CT molecular complexity index is 544. The summed E-state index contributed by atoms with van der Waals surface area (Å²) in [6.07, 6.45) is 4.77. The highest BCUT2D eigenvalue weighted by molar-refractivity contribution is 9.09. The monoisotopic (exact) mass is 400 g/mol. The average molecular weight is 401 g/mol. The van der Waals surface area contributed by atoms with E-state index in [4.69, 9.17) is 9.47 Å². The number of aryl methyl sites for hydroxylation is 1. The van der Waals surface area contributed by atoms with Crippen LogP contribution in [0.15, 0.2) is 12.1 Å². The third kappa shape index (κ3) is 4.39. The minimum atomic E-state index is 0.142. The van der Waals surface area contributed by atoms with Gasteiger partial charge in [-0.1, -0.05) is 29.8 Å². The van der Waals surface area contributed by atoms with E-state index in [1.807, 2.05) is 0 Å². The van der Waals surface area contributed by atoms with Gasteiger partial charge in [-0.05, 0) is 67.0 Å². The Morgan fingerprint density at radius 3 is 2.48 bits per heavy atom. The molecule has 1 aromatic carbocycles. The van der Waals surface area contributed by atoms with Gasteiger partial charge in [-0.3, -0.25) is 0 Å². The van der Waals surface area contributed by atoms with Gasteiger partial charge in [0.2, 0.25) is 0 Å². The van der Waals surface area contributed by atoms with E-state index in [1.165, 1.54) is 36.1 Å². The van der Waals surface area contributed by atoms with Crippen LogP contribution in [0.25, 0.3) is 0 Å². The normalized spacial score (nSPS) is 21.0. The predicted octanol–water partition coefficient (Wildman–Crippen LogP) is 5.80. The summed E-state index contributed by atoms with van der Waals surface area (Å²) in [6, 6.07) is 4.39. The van der Waals surface area contributed by atoms with Crippen molar-refractivity contribution >= 4 is 27.7 Å². The lowest BCUT2D eigenvalue weighted by Crippen LogP contribution is -2.31. The molecule has 0 bridgehead atoms. The van der Waals surface area contributed by atoms with Gasteiger partial charge in [0.25, 0.3) is 0 Å². The summed E-state index contributed by atoms with van der Waals surface area (Å²) in [5.74, 6) is 2.87. The highest BCUT2D eigenvalue weighted by Crippen LogP contribution is 2.52. The Kier molecular flexibility index (Phi) is 6.35. The number of halogens is 1. The molecule has 1 aliphatic heterocycles. The SMILES string of the molecule is COc1cc2c(cc1OC)C(C)(CC(C)(C)CCCBr)SCC2. The maximum atomic E-state index is 5.55. The predicted molar refractivity (Wildman–Crippen MR) is 104 cm³/mol. The number of rotatable bonds is 7. The largest absolute Gasteiger partial charge is 0.493 e. The van der Waals surface area contributed by atoms with Crippen LogP contribution in [0.2, 0.25) is 0 Å². The van der Waals surface area contributed by atoms with Gasteiger partial charge in [0.1, 0.15) is 0 Å². The Labute approximate surface area is 153 Å². The van der Waals surface area contributed by atoms with Gasteiger partial charge in [0.05, 0.1) is 14.2 Å². The highest BCUT2D eigenvalue weighted by Gasteiger charge is 2.38. The summed E-state index contributed by atoms with van der Waals surface area (Å²) in [5, 5.41) is 1.09. The number of methoxy groups -OCH3 is 2. The first-order valence-electron chi connectivity index (χ1n) is 8.30. The van der Waals surface area contributed by atoms with Crippen LogP contribution in [-0.2, 0) is 11.2 Å². The van der Waals surface area contributed by atoms with Crippen molar-refractivity contribution < 1.29 is 9.47 Å². The van der Waals surface area contributed by atoms with Gasteiger partial charge in [0, 0.05) is 10.1 Å². The van der Waals surface area contributed by atoms with Gasteiger partial charge in [-0.15, -0.1) is 0 Å². The molecule has 1 unspecified atom stereocenters. The Hall–Kier alpha value is -0.350. The number of thioether (sulfide) groups is 1. The number of ether oxygens (including phenoxy) is 2. The molecule has 0 N–H and O–H groups in total. The average Bonchev–Trinajstić information content (AvgIpc) is 2.51. The first-order valence-corrected chi connectivity index (χ1v) is 10.4. The second-order valence-electron chi connectivity index (χ2n) is 7.33. The van der Waals surface area contributed by atoms with E-state index in [1.54, 1.807) is 14.2 Å².